The molecule has 1 aromatic heterocycles. The van der Waals surface area contributed by atoms with Crippen LogP contribution in [0.1, 0.15) is 6.42 Å². The molecular formula is C9H12BrN3O. The summed E-state index contributed by atoms with van der Waals surface area (Å²) in [6.45, 7) is 1.64. The Labute approximate surface area is 91.4 Å². The van der Waals surface area contributed by atoms with E-state index in [-0.39, 0.29) is 0 Å². The molecule has 2 rings (SSSR count). The number of nitrogens with zero attached hydrogens (tertiary/aromatic N) is 3. The van der Waals surface area contributed by atoms with Crippen molar-refractivity contribution in [3.63, 3.8) is 0 Å². The first kappa shape index (κ1) is 9.86. The van der Waals surface area contributed by atoms with Crippen molar-refractivity contribution < 1.29 is 4.74 Å². The lowest BCUT2D eigenvalue weighted by atomic mass is 10.2. The minimum Gasteiger partial charge on any atom is -0.379 e. The number of hydrogen-bond donors (Lipinski definition) is 0. The van der Waals surface area contributed by atoms with E-state index in [4.69, 9.17) is 4.74 Å². The van der Waals surface area contributed by atoms with Crippen LogP contribution in [-0.4, -0.2) is 36.3 Å². The Kier molecular flexibility index (Phi) is 2.98. The van der Waals surface area contributed by atoms with Crippen molar-refractivity contribution in [3.05, 3.63) is 17.0 Å². The van der Waals surface area contributed by atoms with Gasteiger partial charge in [0.2, 0.25) is 0 Å². The van der Waals surface area contributed by atoms with Crippen LogP contribution in [0.25, 0.3) is 0 Å². The van der Waals surface area contributed by atoms with Gasteiger partial charge in [-0.1, -0.05) is 0 Å². The van der Waals surface area contributed by atoms with Crippen molar-refractivity contribution in [1.29, 1.82) is 0 Å². The molecular weight excluding hydrogens is 246 g/mol. The van der Waals surface area contributed by atoms with Crippen molar-refractivity contribution in [2.45, 2.75) is 12.5 Å². The second-order valence-electron chi connectivity index (χ2n) is 3.33. The predicted octanol–water partition coefficient (Wildman–Crippen LogP) is 1.46. The van der Waals surface area contributed by atoms with Crippen LogP contribution in [0.15, 0.2) is 17.0 Å². The third-order valence-electron chi connectivity index (χ3n) is 2.43. The third kappa shape index (κ3) is 2.04. The fourth-order valence-electron chi connectivity index (χ4n) is 1.53. The Bertz CT molecular complexity index is 315. The molecule has 14 heavy (non-hydrogen) atoms. The first-order chi connectivity index (χ1) is 6.77. The summed E-state index contributed by atoms with van der Waals surface area (Å²) >= 11 is 3.33. The average molecular weight is 258 g/mol. The van der Waals surface area contributed by atoms with Crippen LogP contribution in [0.3, 0.4) is 0 Å². The van der Waals surface area contributed by atoms with Crippen molar-refractivity contribution in [2.24, 2.45) is 0 Å². The molecule has 4 nitrogen and oxygen atoms in total. The summed E-state index contributed by atoms with van der Waals surface area (Å²) in [4.78, 5) is 10.3. The van der Waals surface area contributed by atoms with Crippen molar-refractivity contribution in [1.82, 2.24) is 9.97 Å². The first-order valence-corrected chi connectivity index (χ1v) is 5.35. The molecule has 0 amide bonds. The molecule has 1 aromatic rings. The highest BCUT2D eigenvalue weighted by molar-refractivity contribution is 9.10. The summed E-state index contributed by atoms with van der Waals surface area (Å²) in [7, 11) is 2.04. The van der Waals surface area contributed by atoms with Gasteiger partial charge in [-0.15, -0.1) is 0 Å². The molecule has 0 N–H and O–H groups in total. The Morgan fingerprint density at radius 3 is 3.07 bits per heavy atom. The Morgan fingerprint density at radius 1 is 1.57 bits per heavy atom. The average Bonchev–Trinajstić information content (AvgIpc) is 2.69. The van der Waals surface area contributed by atoms with Gasteiger partial charge in [-0.25, -0.2) is 9.97 Å². The molecule has 1 saturated heterocycles. The van der Waals surface area contributed by atoms with E-state index < -0.39 is 0 Å². The van der Waals surface area contributed by atoms with Crippen LogP contribution in [0.4, 0.5) is 5.82 Å². The highest BCUT2D eigenvalue weighted by Crippen LogP contribution is 2.19. The highest BCUT2D eigenvalue weighted by atomic mass is 79.9. The van der Waals surface area contributed by atoms with Crippen LogP contribution in [0, 0.1) is 0 Å². The fraction of sp³-hybridized carbons (Fsp3) is 0.556. The smallest absolute Gasteiger partial charge is 0.133 e. The summed E-state index contributed by atoms with van der Waals surface area (Å²) in [5.41, 5.74) is 0. The van der Waals surface area contributed by atoms with E-state index >= 15 is 0 Å². The molecule has 76 valence electrons. The lowest BCUT2D eigenvalue weighted by molar-refractivity contribution is 0.193. The third-order valence-corrected chi connectivity index (χ3v) is 2.87. The Morgan fingerprint density at radius 2 is 2.43 bits per heavy atom. The quantitative estimate of drug-likeness (QED) is 0.753. The van der Waals surface area contributed by atoms with Gasteiger partial charge in [0.25, 0.3) is 0 Å². The van der Waals surface area contributed by atoms with Gasteiger partial charge in [0, 0.05) is 19.7 Å². The summed E-state index contributed by atoms with van der Waals surface area (Å²) < 4.78 is 6.15. The fourth-order valence-corrected chi connectivity index (χ4v) is 1.83. The zero-order valence-corrected chi connectivity index (χ0v) is 9.57. The van der Waals surface area contributed by atoms with Gasteiger partial charge < -0.3 is 9.64 Å². The van der Waals surface area contributed by atoms with Crippen molar-refractivity contribution in [3.8, 4) is 0 Å². The molecule has 1 unspecified atom stereocenters. The molecule has 1 atom stereocenters. The summed E-state index contributed by atoms with van der Waals surface area (Å²) in [6, 6.07) is 2.36. The molecule has 1 fully saturated rings. The predicted molar refractivity (Wildman–Crippen MR) is 57.4 cm³/mol. The number of likely N-dealkylation sites (N-methyl/N-ethyl adjacent to an activating group) is 1. The van der Waals surface area contributed by atoms with E-state index in [1.807, 2.05) is 13.1 Å². The van der Waals surface area contributed by atoms with Gasteiger partial charge in [-0.2, -0.15) is 0 Å². The maximum absolute atomic E-state index is 5.33. The molecule has 0 radical (unpaired) electrons. The zero-order chi connectivity index (χ0) is 9.97. The van der Waals surface area contributed by atoms with E-state index in [1.165, 1.54) is 0 Å². The number of aromatic nitrogens is 2. The molecule has 5 heteroatoms. The minimum absolute atomic E-state index is 0.441. The van der Waals surface area contributed by atoms with Gasteiger partial charge in [0.05, 0.1) is 12.6 Å². The maximum Gasteiger partial charge on any atom is 0.133 e. The summed E-state index contributed by atoms with van der Waals surface area (Å²) in [6.07, 6.45) is 2.63. The lowest BCUT2D eigenvalue weighted by Gasteiger charge is -2.23. The van der Waals surface area contributed by atoms with Crippen LogP contribution >= 0.6 is 15.9 Å². The minimum atomic E-state index is 0.441. The summed E-state index contributed by atoms with van der Waals surface area (Å²) in [5.74, 6) is 0.933. The number of ether oxygens (including phenoxy) is 1. The Balaban J connectivity index is 2.13. The normalized spacial score (nSPS) is 21.1. The monoisotopic (exact) mass is 257 g/mol. The first-order valence-electron chi connectivity index (χ1n) is 4.55. The molecule has 2 heterocycles. The van der Waals surface area contributed by atoms with Crippen molar-refractivity contribution in [2.75, 3.05) is 25.2 Å². The van der Waals surface area contributed by atoms with E-state index in [2.05, 4.69) is 30.8 Å². The molecule has 0 aromatic carbocycles. The van der Waals surface area contributed by atoms with Gasteiger partial charge in [0.15, 0.2) is 0 Å². The number of anilines is 1. The number of hydrogen-bond acceptors (Lipinski definition) is 4. The topological polar surface area (TPSA) is 38.2 Å². The van der Waals surface area contributed by atoms with Crippen LogP contribution in [0.5, 0.6) is 0 Å². The van der Waals surface area contributed by atoms with Gasteiger partial charge in [-0.3, -0.25) is 0 Å². The van der Waals surface area contributed by atoms with Crippen LogP contribution in [0.2, 0.25) is 0 Å². The van der Waals surface area contributed by atoms with Crippen molar-refractivity contribution >= 4 is 21.7 Å². The summed E-state index contributed by atoms with van der Waals surface area (Å²) in [5, 5.41) is 0. The van der Waals surface area contributed by atoms with E-state index in [0.717, 1.165) is 30.1 Å². The highest BCUT2D eigenvalue weighted by Gasteiger charge is 2.21. The molecule has 1 aliphatic rings. The largest absolute Gasteiger partial charge is 0.379 e. The second kappa shape index (κ2) is 4.23. The van der Waals surface area contributed by atoms with E-state index in [0.29, 0.717) is 6.04 Å². The second-order valence-corrected chi connectivity index (χ2v) is 4.14. The molecule has 0 bridgehead atoms. The number of rotatable bonds is 2. The number of halogens is 1. The standard InChI is InChI=1S/C9H12BrN3O/c1-13(7-2-3-14-5-7)9-4-8(10)11-6-12-9/h4,6-7H,2-3,5H2,1H3. The lowest BCUT2D eigenvalue weighted by Crippen LogP contribution is -2.32. The zero-order valence-electron chi connectivity index (χ0n) is 7.98. The SMILES string of the molecule is CN(c1cc(Br)ncn1)C1CCOC1. The van der Waals surface area contributed by atoms with E-state index in [9.17, 15) is 0 Å². The van der Waals surface area contributed by atoms with Gasteiger partial charge in [0.1, 0.15) is 16.7 Å². The van der Waals surface area contributed by atoms with E-state index in [1.54, 1.807) is 6.33 Å². The molecule has 0 aliphatic carbocycles. The Hall–Kier alpha value is -0.680. The van der Waals surface area contributed by atoms with Crippen LogP contribution in [-0.2, 0) is 4.74 Å². The molecule has 0 spiro atoms. The van der Waals surface area contributed by atoms with Gasteiger partial charge >= 0.3 is 0 Å². The maximum atomic E-state index is 5.33. The van der Waals surface area contributed by atoms with Gasteiger partial charge in [-0.05, 0) is 22.4 Å². The van der Waals surface area contributed by atoms with Crippen LogP contribution < -0.4 is 4.90 Å². The molecule has 1 aliphatic heterocycles. The molecule has 0 saturated carbocycles.